The van der Waals surface area contributed by atoms with Gasteiger partial charge in [-0.2, -0.15) is 0 Å². The lowest BCUT2D eigenvalue weighted by molar-refractivity contribution is -0.138. The van der Waals surface area contributed by atoms with Gasteiger partial charge in [0.25, 0.3) is 0 Å². The average molecular weight is 406 g/mol. The highest BCUT2D eigenvalue weighted by atomic mass is 35.5. The van der Waals surface area contributed by atoms with Gasteiger partial charge >= 0.3 is 0 Å². The van der Waals surface area contributed by atoms with E-state index >= 15 is 0 Å². The molecular weight excluding hydrogens is 374 g/mol. The molecule has 0 aromatic heterocycles. The molecule has 2 saturated heterocycles. The molecule has 2 atom stereocenters. The highest BCUT2D eigenvalue weighted by Crippen LogP contribution is 2.50. The molecule has 28 heavy (non-hydrogen) atoms. The minimum atomic E-state index is -0.166. The van der Waals surface area contributed by atoms with Gasteiger partial charge < -0.3 is 15.5 Å². The predicted molar refractivity (Wildman–Crippen MR) is 112 cm³/mol. The molecule has 3 fully saturated rings. The summed E-state index contributed by atoms with van der Waals surface area (Å²) in [6.45, 7) is 3.28. The minimum absolute atomic E-state index is 0. The zero-order valence-corrected chi connectivity index (χ0v) is 17.3. The van der Waals surface area contributed by atoms with Crippen molar-refractivity contribution < 1.29 is 9.59 Å². The monoisotopic (exact) mass is 405 g/mol. The summed E-state index contributed by atoms with van der Waals surface area (Å²) in [6.07, 6.45) is 7.01. The second-order valence-electron chi connectivity index (χ2n) is 8.60. The van der Waals surface area contributed by atoms with Crippen LogP contribution < -0.4 is 10.6 Å². The molecule has 2 N–H and O–H groups in total. The maximum atomic E-state index is 13.2. The van der Waals surface area contributed by atoms with E-state index in [9.17, 15) is 9.59 Å². The Morgan fingerprint density at radius 3 is 2.61 bits per heavy atom. The van der Waals surface area contributed by atoms with Gasteiger partial charge in [-0.15, -0.1) is 12.4 Å². The molecule has 0 bridgehead atoms. The maximum absolute atomic E-state index is 13.2. The summed E-state index contributed by atoms with van der Waals surface area (Å²) in [5.74, 6) is 0.833. The van der Waals surface area contributed by atoms with E-state index in [1.807, 2.05) is 6.07 Å². The average Bonchev–Trinajstić information content (AvgIpc) is 3.27. The number of hydrogen-bond donors (Lipinski definition) is 2. The lowest BCUT2D eigenvalue weighted by atomic mass is 9.92. The molecule has 6 heteroatoms. The minimum Gasteiger partial charge on any atom is -0.354 e. The smallest absolute Gasteiger partial charge is 0.237 e. The summed E-state index contributed by atoms with van der Waals surface area (Å²) < 4.78 is 0. The number of piperidine rings is 1. The third kappa shape index (κ3) is 4.87. The zero-order valence-electron chi connectivity index (χ0n) is 16.5. The molecule has 1 saturated carbocycles. The van der Waals surface area contributed by atoms with Crippen LogP contribution in [0.2, 0.25) is 0 Å². The van der Waals surface area contributed by atoms with Crippen LogP contribution in [0.3, 0.4) is 0 Å². The zero-order chi connectivity index (χ0) is 18.7. The molecule has 2 unspecified atom stereocenters. The van der Waals surface area contributed by atoms with E-state index in [1.165, 1.54) is 5.56 Å². The van der Waals surface area contributed by atoms with Crippen LogP contribution in [-0.4, -0.2) is 48.9 Å². The van der Waals surface area contributed by atoms with Crippen molar-refractivity contribution in [2.45, 2.75) is 51.0 Å². The van der Waals surface area contributed by atoms with E-state index in [-0.39, 0.29) is 29.8 Å². The van der Waals surface area contributed by atoms with Crippen LogP contribution in [0.4, 0.5) is 0 Å². The highest BCUT2D eigenvalue weighted by Gasteiger charge is 2.51. The van der Waals surface area contributed by atoms with Gasteiger partial charge in [0.15, 0.2) is 0 Å². The van der Waals surface area contributed by atoms with E-state index in [2.05, 4.69) is 39.8 Å². The Morgan fingerprint density at radius 1 is 1.14 bits per heavy atom. The van der Waals surface area contributed by atoms with Crippen molar-refractivity contribution in [3.05, 3.63) is 35.9 Å². The molecule has 2 heterocycles. The first kappa shape index (κ1) is 21.1. The Balaban J connectivity index is 0.00000225. The fourth-order valence-electron chi connectivity index (χ4n) is 4.63. The Bertz CT molecular complexity index is 672. The lowest BCUT2D eigenvalue weighted by Gasteiger charge is -2.35. The van der Waals surface area contributed by atoms with Gasteiger partial charge in [0.2, 0.25) is 11.8 Å². The summed E-state index contributed by atoms with van der Waals surface area (Å²) in [7, 11) is 0. The number of halogens is 1. The lowest BCUT2D eigenvalue weighted by Crippen LogP contribution is -2.48. The molecule has 0 spiro atoms. The molecule has 2 aliphatic heterocycles. The number of nitrogens with one attached hydrogen (secondary N) is 2. The van der Waals surface area contributed by atoms with Crippen molar-refractivity contribution in [1.82, 2.24) is 15.5 Å². The van der Waals surface area contributed by atoms with Crippen LogP contribution in [-0.2, 0) is 16.0 Å². The number of benzene rings is 1. The SMILES string of the molecule is Cl.O=C(NCC1CCCN(C(=O)C2(Cc3ccccc3)CC2)C1)C1CCCN1. The van der Waals surface area contributed by atoms with E-state index in [1.54, 1.807) is 0 Å². The fourth-order valence-corrected chi connectivity index (χ4v) is 4.63. The molecule has 1 aliphatic carbocycles. The fraction of sp³-hybridized carbons (Fsp3) is 0.636. The van der Waals surface area contributed by atoms with Crippen molar-refractivity contribution in [3.8, 4) is 0 Å². The standard InChI is InChI=1S/C22H31N3O2.ClH/c26-20(19-9-4-12-23-19)24-15-18-8-5-13-25(16-18)21(27)22(10-11-22)14-17-6-2-1-3-7-17;/h1-3,6-7,18-19,23H,4-5,8-16H2,(H,24,26);1H. The molecule has 2 amide bonds. The number of carbonyl (C=O) groups excluding carboxylic acids is 2. The molecule has 0 radical (unpaired) electrons. The van der Waals surface area contributed by atoms with Crippen molar-refractivity contribution in [2.75, 3.05) is 26.2 Å². The van der Waals surface area contributed by atoms with E-state index < -0.39 is 0 Å². The maximum Gasteiger partial charge on any atom is 0.237 e. The van der Waals surface area contributed by atoms with Crippen molar-refractivity contribution in [3.63, 3.8) is 0 Å². The van der Waals surface area contributed by atoms with Crippen LogP contribution >= 0.6 is 12.4 Å². The van der Waals surface area contributed by atoms with Gasteiger partial charge in [-0.3, -0.25) is 9.59 Å². The first-order valence-electron chi connectivity index (χ1n) is 10.5. The number of likely N-dealkylation sites (tertiary alicyclic amines) is 1. The van der Waals surface area contributed by atoms with E-state index in [0.717, 1.165) is 64.6 Å². The Labute approximate surface area is 174 Å². The number of rotatable bonds is 6. The topological polar surface area (TPSA) is 61.4 Å². The first-order valence-corrected chi connectivity index (χ1v) is 10.5. The summed E-state index contributed by atoms with van der Waals surface area (Å²) in [5.41, 5.74) is 1.09. The number of carbonyl (C=O) groups is 2. The van der Waals surface area contributed by atoms with Gasteiger partial charge in [0, 0.05) is 19.6 Å². The number of hydrogen-bond acceptors (Lipinski definition) is 3. The van der Waals surface area contributed by atoms with Crippen LogP contribution in [0.15, 0.2) is 30.3 Å². The van der Waals surface area contributed by atoms with Gasteiger partial charge in [-0.25, -0.2) is 0 Å². The number of nitrogens with zero attached hydrogens (tertiary/aromatic N) is 1. The van der Waals surface area contributed by atoms with Crippen LogP contribution in [0.5, 0.6) is 0 Å². The first-order chi connectivity index (χ1) is 13.2. The molecule has 3 aliphatic rings. The summed E-state index contributed by atoms with van der Waals surface area (Å²) in [4.78, 5) is 27.5. The quantitative estimate of drug-likeness (QED) is 0.764. The van der Waals surface area contributed by atoms with Gasteiger partial charge in [0.1, 0.15) is 0 Å². The normalized spacial score (nSPS) is 25.6. The second-order valence-corrected chi connectivity index (χ2v) is 8.60. The summed E-state index contributed by atoms with van der Waals surface area (Å²) in [6, 6.07) is 10.4. The summed E-state index contributed by atoms with van der Waals surface area (Å²) >= 11 is 0. The van der Waals surface area contributed by atoms with Crippen molar-refractivity contribution in [1.29, 1.82) is 0 Å². The van der Waals surface area contributed by atoms with Crippen LogP contribution in [0.25, 0.3) is 0 Å². The van der Waals surface area contributed by atoms with Gasteiger partial charge in [-0.1, -0.05) is 30.3 Å². The highest BCUT2D eigenvalue weighted by molar-refractivity contribution is 5.86. The van der Waals surface area contributed by atoms with Gasteiger partial charge in [0.05, 0.1) is 11.5 Å². The molecule has 1 aromatic carbocycles. The van der Waals surface area contributed by atoms with Crippen molar-refractivity contribution >= 4 is 24.2 Å². The molecule has 154 valence electrons. The molecule has 1 aromatic rings. The third-order valence-corrected chi connectivity index (χ3v) is 6.44. The summed E-state index contributed by atoms with van der Waals surface area (Å²) in [5, 5.41) is 6.35. The van der Waals surface area contributed by atoms with Crippen LogP contribution in [0.1, 0.15) is 44.1 Å². The Morgan fingerprint density at radius 2 is 1.93 bits per heavy atom. The molecule has 4 rings (SSSR count). The van der Waals surface area contributed by atoms with E-state index in [4.69, 9.17) is 0 Å². The molecular formula is C22H32ClN3O2. The largest absolute Gasteiger partial charge is 0.354 e. The molecule has 5 nitrogen and oxygen atoms in total. The third-order valence-electron chi connectivity index (χ3n) is 6.44. The van der Waals surface area contributed by atoms with Gasteiger partial charge in [-0.05, 0) is 63.0 Å². The Hall–Kier alpha value is -1.59. The van der Waals surface area contributed by atoms with E-state index in [0.29, 0.717) is 18.4 Å². The van der Waals surface area contributed by atoms with Crippen molar-refractivity contribution in [2.24, 2.45) is 11.3 Å². The second kappa shape index (κ2) is 9.27. The van der Waals surface area contributed by atoms with Crippen LogP contribution in [0, 0.1) is 11.3 Å². The Kier molecular flexibility index (Phi) is 7.00. The number of amides is 2. The predicted octanol–water partition coefficient (Wildman–Crippen LogP) is 2.54.